The van der Waals surface area contributed by atoms with E-state index in [4.69, 9.17) is 11.6 Å². The van der Waals surface area contributed by atoms with Gasteiger partial charge < -0.3 is 0 Å². The minimum absolute atomic E-state index is 0.130. The van der Waals surface area contributed by atoms with Crippen molar-refractivity contribution in [3.63, 3.8) is 0 Å². The second-order valence-corrected chi connectivity index (χ2v) is 7.38. The number of benzene rings is 1. The Morgan fingerprint density at radius 1 is 1.00 bits per heavy atom. The summed E-state index contributed by atoms with van der Waals surface area (Å²) in [5.74, 6) is 1.06. The summed E-state index contributed by atoms with van der Waals surface area (Å²) in [6.07, 6.45) is 7.05. The molecule has 1 aromatic rings. The number of nitrogens with zero attached hydrogens (tertiary/aromatic N) is 2. The van der Waals surface area contributed by atoms with Gasteiger partial charge in [0.15, 0.2) is 0 Å². The summed E-state index contributed by atoms with van der Waals surface area (Å²) in [6.45, 7) is 0. The zero-order valence-corrected chi connectivity index (χ0v) is 13.1. The van der Waals surface area contributed by atoms with E-state index in [1.54, 1.807) is 18.3 Å². The van der Waals surface area contributed by atoms with Crippen LogP contribution in [0.2, 0.25) is 5.02 Å². The monoisotopic (exact) mass is 326 g/mol. The quantitative estimate of drug-likeness (QED) is 0.476. The van der Waals surface area contributed by atoms with E-state index in [2.05, 4.69) is 17.3 Å². The van der Waals surface area contributed by atoms with Crippen LogP contribution in [0.3, 0.4) is 0 Å². The van der Waals surface area contributed by atoms with Crippen LogP contribution in [0.5, 0.6) is 0 Å². The maximum absolute atomic E-state index is 12.7. The van der Waals surface area contributed by atoms with Crippen LogP contribution in [0, 0.1) is 35.5 Å². The van der Waals surface area contributed by atoms with Gasteiger partial charge in [0.25, 0.3) is 11.8 Å². The number of hydrogen-bond donors (Lipinski definition) is 0. The predicted octanol–water partition coefficient (Wildman–Crippen LogP) is 2.73. The van der Waals surface area contributed by atoms with Gasteiger partial charge in [0.1, 0.15) is 0 Å². The Labute approximate surface area is 138 Å². The number of amides is 2. The van der Waals surface area contributed by atoms with Crippen molar-refractivity contribution < 1.29 is 9.59 Å². The van der Waals surface area contributed by atoms with Gasteiger partial charge in [-0.3, -0.25) is 9.59 Å². The molecule has 2 bridgehead atoms. The lowest BCUT2D eigenvalue weighted by molar-refractivity contribution is -0.140. The molecule has 6 rings (SSSR count). The Morgan fingerprint density at radius 3 is 2.13 bits per heavy atom. The van der Waals surface area contributed by atoms with Crippen molar-refractivity contribution in [2.24, 2.45) is 40.6 Å². The van der Waals surface area contributed by atoms with E-state index in [-0.39, 0.29) is 35.5 Å². The Bertz CT molecular complexity index is 734. The Morgan fingerprint density at radius 2 is 1.57 bits per heavy atom. The molecule has 0 N–H and O–H groups in total. The van der Waals surface area contributed by atoms with Gasteiger partial charge in [-0.2, -0.15) is 10.1 Å². The zero-order valence-electron chi connectivity index (χ0n) is 12.3. The highest BCUT2D eigenvalue weighted by molar-refractivity contribution is 6.30. The van der Waals surface area contributed by atoms with Crippen molar-refractivity contribution in [1.82, 2.24) is 5.01 Å². The molecule has 0 unspecified atom stereocenters. The molecule has 1 saturated heterocycles. The molecule has 0 aromatic heterocycles. The Balaban J connectivity index is 1.44. The molecule has 4 nitrogen and oxygen atoms in total. The maximum Gasteiger partial charge on any atom is 0.254 e. The van der Waals surface area contributed by atoms with Gasteiger partial charge in [-0.05, 0) is 47.8 Å². The summed E-state index contributed by atoms with van der Waals surface area (Å²) in [5, 5.41) is 5.93. The van der Waals surface area contributed by atoms with Crippen LogP contribution >= 0.6 is 11.6 Å². The summed E-state index contributed by atoms with van der Waals surface area (Å²) in [7, 11) is 0. The number of hydrazone groups is 1. The highest BCUT2D eigenvalue weighted by Gasteiger charge is 2.67. The van der Waals surface area contributed by atoms with E-state index in [1.807, 2.05) is 12.1 Å². The first-order valence-electron chi connectivity index (χ1n) is 8.01. The van der Waals surface area contributed by atoms with Crippen molar-refractivity contribution >= 4 is 29.6 Å². The first-order valence-corrected chi connectivity index (χ1v) is 8.38. The summed E-state index contributed by atoms with van der Waals surface area (Å²) < 4.78 is 0. The average molecular weight is 327 g/mol. The van der Waals surface area contributed by atoms with E-state index >= 15 is 0 Å². The van der Waals surface area contributed by atoms with Gasteiger partial charge in [0, 0.05) is 5.02 Å². The number of rotatable bonds is 2. The molecule has 1 aliphatic heterocycles. The minimum atomic E-state index is -0.191. The zero-order chi connectivity index (χ0) is 15.7. The van der Waals surface area contributed by atoms with Gasteiger partial charge >= 0.3 is 0 Å². The summed E-state index contributed by atoms with van der Waals surface area (Å²) >= 11 is 5.85. The summed E-state index contributed by atoms with van der Waals surface area (Å²) in [5.41, 5.74) is 0.814. The highest BCUT2D eigenvalue weighted by Crippen LogP contribution is 2.65. The van der Waals surface area contributed by atoms with E-state index in [1.165, 1.54) is 6.42 Å². The molecule has 2 saturated carbocycles. The SMILES string of the molecule is O=C1[C@@H]2[C@H]3C=C[C@H]([C@H]4C[C@@H]34)[C@@H]2C(=O)N1/N=C\c1ccc(Cl)cc1. The fourth-order valence-electron chi connectivity index (χ4n) is 4.73. The molecule has 0 radical (unpaired) electrons. The molecule has 3 fully saturated rings. The third-order valence-electron chi connectivity index (χ3n) is 5.83. The number of carbonyl (C=O) groups excluding carboxylic acids is 2. The lowest BCUT2D eigenvalue weighted by Gasteiger charge is -2.37. The lowest BCUT2D eigenvalue weighted by Crippen LogP contribution is -2.40. The maximum atomic E-state index is 12.7. The van der Waals surface area contributed by atoms with Crippen LogP contribution in [-0.4, -0.2) is 23.0 Å². The van der Waals surface area contributed by atoms with Crippen molar-refractivity contribution in [1.29, 1.82) is 0 Å². The normalized spacial score (nSPS) is 40.0. The third-order valence-corrected chi connectivity index (χ3v) is 6.08. The van der Waals surface area contributed by atoms with Crippen molar-refractivity contribution in [3.05, 3.63) is 47.0 Å². The van der Waals surface area contributed by atoms with Gasteiger partial charge in [-0.1, -0.05) is 35.9 Å². The number of allylic oxidation sites excluding steroid dienone is 2. The molecule has 0 spiro atoms. The number of hydrogen-bond acceptors (Lipinski definition) is 3. The molecule has 1 aromatic carbocycles. The Hall–Kier alpha value is -1.94. The van der Waals surface area contributed by atoms with Crippen molar-refractivity contribution in [3.8, 4) is 0 Å². The molecule has 1 heterocycles. The highest BCUT2D eigenvalue weighted by atomic mass is 35.5. The molecule has 5 heteroatoms. The van der Waals surface area contributed by atoms with Crippen LogP contribution in [0.1, 0.15) is 12.0 Å². The minimum Gasteiger partial charge on any atom is -0.272 e. The smallest absolute Gasteiger partial charge is 0.254 e. The standard InChI is InChI=1S/C18H15ClN2O2/c19-10-3-1-9(2-4-10)8-20-21-17(22)15-11-5-6-12(14-7-13(11)14)16(15)18(21)23/h1-6,8,11-16H,7H2/b20-8-/t11-,12+,13-,14+,15+,16-. The molecule has 5 aliphatic rings. The van der Waals surface area contributed by atoms with E-state index < -0.39 is 0 Å². The molecular weight excluding hydrogens is 312 g/mol. The van der Waals surface area contributed by atoms with Crippen LogP contribution in [0.25, 0.3) is 0 Å². The second kappa shape index (κ2) is 4.54. The van der Waals surface area contributed by atoms with E-state index in [9.17, 15) is 9.59 Å². The van der Waals surface area contributed by atoms with Crippen LogP contribution in [0.15, 0.2) is 41.5 Å². The number of imide groups is 1. The van der Waals surface area contributed by atoms with Crippen LogP contribution < -0.4 is 0 Å². The fourth-order valence-corrected chi connectivity index (χ4v) is 4.85. The van der Waals surface area contributed by atoms with Gasteiger partial charge in [0.2, 0.25) is 0 Å². The van der Waals surface area contributed by atoms with Gasteiger partial charge in [-0.25, -0.2) is 0 Å². The molecule has 2 amide bonds. The average Bonchev–Trinajstić information content (AvgIpc) is 3.33. The number of halogens is 1. The first-order chi connectivity index (χ1) is 11.1. The second-order valence-electron chi connectivity index (χ2n) is 6.94. The molecule has 6 atom stereocenters. The molecular formula is C18H15ClN2O2. The Kier molecular flexibility index (Phi) is 2.66. The third kappa shape index (κ3) is 1.81. The predicted molar refractivity (Wildman–Crippen MR) is 85.6 cm³/mol. The van der Waals surface area contributed by atoms with Crippen molar-refractivity contribution in [2.45, 2.75) is 6.42 Å². The summed E-state index contributed by atoms with van der Waals surface area (Å²) in [6, 6.07) is 7.14. The molecule has 23 heavy (non-hydrogen) atoms. The van der Waals surface area contributed by atoms with E-state index in [0.717, 1.165) is 10.6 Å². The molecule has 4 aliphatic carbocycles. The van der Waals surface area contributed by atoms with Crippen LogP contribution in [-0.2, 0) is 9.59 Å². The molecule has 116 valence electrons. The topological polar surface area (TPSA) is 49.7 Å². The summed E-state index contributed by atoms with van der Waals surface area (Å²) in [4.78, 5) is 25.4. The lowest BCUT2D eigenvalue weighted by atomic mass is 9.63. The fraction of sp³-hybridized carbons (Fsp3) is 0.389. The van der Waals surface area contributed by atoms with Gasteiger partial charge in [0.05, 0.1) is 18.1 Å². The van der Waals surface area contributed by atoms with E-state index in [0.29, 0.717) is 16.9 Å². The number of carbonyl (C=O) groups is 2. The van der Waals surface area contributed by atoms with Crippen LogP contribution in [0.4, 0.5) is 0 Å². The largest absolute Gasteiger partial charge is 0.272 e. The van der Waals surface area contributed by atoms with Crippen molar-refractivity contribution in [2.75, 3.05) is 0 Å². The first kappa shape index (κ1) is 13.5. The van der Waals surface area contributed by atoms with Gasteiger partial charge in [-0.15, -0.1) is 0 Å².